The molecule has 9 aromatic heterocycles. The number of benzene rings is 17. The molecule has 26 rings (SSSR count). The fourth-order valence-electron chi connectivity index (χ4n) is 19.8. The van der Waals surface area contributed by atoms with Crippen LogP contribution in [0.5, 0.6) is 0 Å². The maximum absolute atomic E-state index is 7.44. The van der Waals surface area contributed by atoms with Gasteiger partial charge in [0.15, 0.2) is 22.3 Å². The van der Waals surface area contributed by atoms with E-state index in [1.54, 1.807) is 0 Å². The van der Waals surface area contributed by atoms with E-state index in [9.17, 15) is 0 Å². The van der Waals surface area contributed by atoms with E-state index < -0.39 is 0 Å². The first-order valence-corrected chi connectivity index (χ1v) is 38.0. The Kier molecular flexibility index (Phi) is 11.5. The third-order valence-electron chi connectivity index (χ3n) is 24.5. The molecule has 26 aromatic rings. The molecule has 0 N–H and O–H groups in total. The minimum Gasteiger partial charge on any atom is -0.454 e. The quantitative estimate of drug-likeness (QED) is 0.151. The lowest BCUT2D eigenvalue weighted by atomic mass is 9.97. The normalized spacial score (nSPS) is 12.6. The first-order chi connectivity index (χ1) is 54.9. The van der Waals surface area contributed by atoms with Crippen molar-refractivity contribution in [1.82, 2.24) is 13.4 Å². The van der Waals surface area contributed by atoms with Crippen molar-refractivity contribution in [1.29, 1.82) is 0 Å². The van der Waals surface area contributed by atoms with Crippen LogP contribution in [-0.4, -0.2) is 13.4 Å². The largest absolute Gasteiger partial charge is 0.454 e. The average Bonchev–Trinajstić information content (AvgIpc) is 1.50. The monoisotopic (exact) mass is 1420 g/mol. The first-order valence-electron chi connectivity index (χ1n) is 38.0. The summed E-state index contributed by atoms with van der Waals surface area (Å²) in [5.74, 6) is 0. The van der Waals surface area contributed by atoms with Gasteiger partial charge in [-0.3, -0.25) is 0 Å². The van der Waals surface area contributed by atoms with Crippen molar-refractivity contribution in [2.75, 3.05) is 9.80 Å². The maximum atomic E-state index is 7.44. The Hall–Kier alpha value is -14.8. The number of aryl methyl sites for hydroxylation is 2. The molecule has 0 unspecified atom stereocenters. The van der Waals surface area contributed by atoms with E-state index in [1.807, 2.05) is 6.07 Å². The smallest absolute Gasteiger partial charge is 0.160 e. The van der Waals surface area contributed by atoms with Gasteiger partial charge in [-0.15, -0.1) is 0 Å². The van der Waals surface area contributed by atoms with Crippen LogP contribution < -0.4 is 9.80 Å². The average molecular weight is 1420 g/mol. The van der Waals surface area contributed by atoms with Gasteiger partial charge in [0, 0.05) is 114 Å². The molecule has 0 aliphatic rings. The van der Waals surface area contributed by atoms with E-state index in [1.165, 1.54) is 59.6 Å². The third-order valence-corrected chi connectivity index (χ3v) is 24.5. The Morgan fingerprint density at radius 2 is 0.694 bits per heavy atom. The van der Waals surface area contributed by atoms with Gasteiger partial charge in [-0.1, -0.05) is 212 Å². The highest BCUT2D eigenvalue weighted by molar-refractivity contribution is 6.37. The Bertz CT molecular complexity index is 8600. The van der Waals surface area contributed by atoms with E-state index in [4.69, 9.17) is 17.7 Å². The number of nitrogens with zero attached hydrogens (tertiary/aromatic N) is 5. The molecular formula is C102H59N5O4. The molecule has 0 fully saturated rings. The highest BCUT2D eigenvalue weighted by Crippen LogP contribution is 2.57. The minimum absolute atomic E-state index is 0.778. The second-order valence-electron chi connectivity index (χ2n) is 30.2. The Morgan fingerprint density at radius 3 is 1.32 bits per heavy atom. The summed E-state index contributed by atoms with van der Waals surface area (Å²) in [6.07, 6.45) is 0. The van der Waals surface area contributed by atoms with Crippen LogP contribution in [0.1, 0.15) is 11.1 Å². The van der Waals surface area contributed by atoms with Gasteiger partial charge >= 0.3 is 0 Å². The Balaban J connectivity index is 0.698. The highest BCUT2D eigenvalue weighted by Gasteiger charge is 2.34. The van der Waals surface area contributed by atoms with Crippen LogP contribution in [0.2, 0.25) is 0 Å². The van der Waals surface area contributed by atoms with Crippen molar-refractivity contribution in [3.8, 4) is 16.8 Å². The van der Waals surface area contributed by atoms with Gasteiger partial charge < -0.3 is 40.8 Å². The van der Waals surface area contributed by atoms with Crippen LogP contribution in [0.15, 0.2) is 339 Å². The van der Waals surface area contributed by atoms with Gasteiger partial charge in [-0.05, 0) is 156 Å². The molecule has 9 heteroatoms. The summed E-state index contributed by atoms with van der Waals surface area (Å²) < 4.78 is 36.6. The SMILES string of the molecule is Cc1ccccc1N(c1cccc2c1oc1ccccc12)c1cc2c3ccccc3oc2c2c1c1cccc3c4c(N(c5ccccc5C)c5cccc6c5oc5ccc(-c7cccc8c7c7ccccc7n8-c7ccc8cc9c(cc8c7)c7cccc8c%10ccccc%10n9c87)cc56)cc5c6ccccc6oc5c4n2c13. The standard InChI is InChI=1S/C102H59N5O4/c1-56-22-3-10-36-78(56)104(83-41-20-32-69-64-25-7-14-43-88(64)108-99(69)83)86-54-76-65-26-8-15-44-89(65)110-101(76)97-93(86)72-34-18-35-73-94-87(55-77-66-27-9-16-45-90(66)111-102(77)98(94)107(97)96(72)73)105(79-37-11-4-23-57(79)2)84-42-21-33-70-75-51-59(47-49-91(75)109-100(70)84)62-29-19-40-82-92(62)71-28-6-13-39-81(71)103(82)61-48-46-58-53-85-74(52-60(58)50-61)68-31-17-30-67-63-24-5-12-38-80(63)106(85)95(67)68/h3-55H,1-2H3. The third kappa shape index (κ3) is 7.77. The number of hydrogen-bond donors (Lipinski definition) is 0. The molecule has 0 saturated heterocycles. The Morgan fingerprint density at radius 1 is 0.234 bits per heavy atom. The molecule has 0 radical (unpaired) electrons. The van der Waals surface area contributed by atoms with Crippen molar-refractivity contribution in [3.63, 3.8) is 0 Å². The van der Waals surface area contributed by atoms with Gasteiger partial charge in [-0.2, -0.15) is 0 Å². The van der Waals surface area contributed by atoms with Crippen molar-refractivity contribution in [2.45, 2.75) is 13.8 Å². The van der Waals surface area contributed by atoms with Crippen LogP contribution in [0.3, 0.4) is 0 Å². The van der Waals surface area contributed by atoms with Crippen molar-refractivity contribution in [3.05, 3.63) is 333 Å². The molecule has 0 saturated carbocycles. The lowest BCUT2D eigenvalue weighted by Gasteiger charge is -2.28. The zero-order valence-corrected chi connectivity index (χ0v) is 60.0. The summed E-state index contributed by atoms with van der Waals surface area (Å²) in [5, 5.41) is 22.3. The predicted molar refractivity (Wildman–Crippen MR) is 461 cm³/mol. The maximum Gasteiger partial charge on any atom is 0.160 e. The van der Waals surface area contributed by atoms with Gasteiger partial charge in [0.05, 0.1) is 55.8 Å². The fourth-order valence-corrected chi connectivity index (χ4v) is 19.8. The second-order valence-corrected chi connectivity index (χ2v) is 30.2. The van der Waals surface area contributed by atoms with Crippen LogP contribution in [0.25, 0.3) is 213 Å². The second kappa shape index (κ2) is 21.5. The zero-order chi connectivity index (χ0) is 72.3. The number of furan rings is 4. The molecule has 0 amide bonds. The molecule has 0 atom stereocenters. The molecule has 0 bridgehead atoms. The summed E-state index contributed by atoms with van der Waals surface area (Å²) in [4.78, 5) is 4.89. The van der Waals surface area contributed by atoms with Crippen LogP contribution in [-0.2, 0) is 0 Å². The van der Waals surface area contributed by atoms with Crippen molar-refractivity contribution in [2.24, 2.45) is 0 Å². The van der Waals surface area contributed by atoms with E-state index in [0.717, 1.165) is 199 Å². The van der Waals surface area contributed by atoms with Gasteiger partial charge in [0.25, 0.3) is 0 Å². The molecule has 0 aliphatic carbocycles. The van der Waals surface area contributed by atoms with Gasteiger partial charge in [-0.25, -0.2) is 0 Å². The fraction of sp³-hybridized carbons (Fsp3) is 0.0196. The number of rotatable bonds is 8. The molecule has 9 heterocycles. The summed E-state index contributed by atoms with van der Waals surface area (Å²) >= 11 is 0. The molecule has 0 aliphatic heterocycles. The highest BCUT2D eigenvalue weighted by atomic mass is 16.3. The molecule has 111 heavy (non-hydrogen) atoms. The Labute approximate surface area is 630 Å². The van der Waals surface area contributed by atoms with Crippen molar-refractivity contribution >= 4 is 231 Å². The molecule has 9 nitrogen and oxygen atoms in total. The molecule has 516 valence electrons. The number of hydrogen-bond acceptors (Lipinski definition) is 6. The van der Waals surface area contributed by atoms with Gasteiger partial charge in [0.2, 0.25) is 0 Å². The van der Waals surface area contributed by atoms with Crippen molar-refractivity contribution < 1.29 is 17.7 Å². The zero-order valence-electron chi connectivity index (χ0n) is 60.0. The van der Waals surface area contributed by atoms with Crippen LogP contribution in [0.4, 0.5) is 34.1 Å². The lowest BCUT2D eigenvalue weighted by Crippen LogP contribution is -2.12. The molecule has 17 aromatic carbocycles. The topological polar surface area (TPSA) is 72.8 Å². The van der Waals surface area contributed by atoms with E-state index in [-0.39, 0.29) is 0 Å². The lowest BCUT2D eigenvalue weighted by molar-refractivity contribution is 0.668. The van der Waals surface area contributed by atoms with E-state index in [0.29, 0.717) is 0 Å². The molecule has 0 spiro atoms. The number of anilines is 6. The summed E-state index contributed by atoms with van der Waals surface area (Å²) in [6.45, 7) is 4.41. The number of aromatic nitrogens is 3. The van der Waals surface area contributed by atoms with Crippen LogP contribution in [0, 0.1) is 13.8 Å². The first kappa shape index (κ1) is 59.4. The number of para-hydroxylation sites is 11. The summed E-state index contributed by atoms with van der Waals surface area (Å²) in [6, 6.07) is 117. The van der Waals surface area contributed by atoms with E-state index in [2.05, 4.69) is 352 Å². The number of fused-ring (bicyclic) bond motifs is 30. The van der Waals surface area contributed by atoms with E-state index >= 15 is 0 Å². The summed E-state index contributed by atoms with van der Waals surface area (Å²) in [7, 11) is 0. The minimum atomic E-state index is 0.778. The van der Waals surface area contributed by atoms with Gasteiger partial charge in [0.1, 0.15) is 33.4 Å². The van der Waals surface area contributed by atoms with Crippen LogP contribution >= 0.6 is 0 Å². The summed E-state index contributed by atoms with van der Waals surface area (Å²) in [5.41, 5.74) is 26.8. The predicted octanol–water partition coefficient (Wildman–Crippen LogP) is 29.1. The molecular weight excluding hydrogens is 1360 g/mol.